The maximum Gasteiger partial charge on any atom is 0.262 e. The summed E-state index contributed by atoms with van der Waals surface area (Å²) < 4.78 is 32.9. The highest BCUT2D eigenvalue weighted by Crippen LogP contribution is 2.34. The molecule has 0 saturated carbocycles. The predicted molar refractivity (Wildman–Crippen MR) is 92.0 cm³/mol. The molecule has 0 saturated heterocycles. The summed E-state index contributed by atoms with van der Waals surface area (Å²) in [5, 5.41) is 2.76. The molecule has 7 heteroatoms. The molecule has 1 heterocycles. The lowest BCUT2D eigenvalue weighted by atomic mass is 10.0. The van der Waals surface area contributed by atoms with Gasteiger partial charge in [0.05, 0.1) is 17.9 Å². The Morgan fingerprint density at radius 1 is 1.17 bits per heavy atom. The molecule has 3 rings (SSSR count). The number of carbonyl (C=O) groups excluding carboxylic acids is 1. The van der Waals surface area contributed by atoms with Crippen LogP contribution in [0.15, 0.2) is 41.3 Å². The molecule has 0 aliphatic carbocycles. The Labute approximate surface area is 140 Å². The highest BCUT2D eigenvalue weighted by molar-refractivity contribution is 7.92. The van der Waals surface area contributed by atoms with E-state index in [-0.39, 0.29) is 16.7 Å². The Morgan fingerprint density at radius 3 is 2.58 bits per heavy atom. The fourth-order valence-corrected chi connectivity index (χ4v) is 4.02. The van der Waals surface area contributed by atoms with E-state index in [1.54, 1.807) is 44.2 Å². The lowest BCUT2D eigenvalue weighted by molar-refractivity contribution is -0.116. The number of hydrogen-bond donors (Lipinski definition) is 2. The number of methoxy groups -OCH3 is 1. The second-order valence-electron chi connectivity index (χ2n) is 5.75. The summed E-state index contributed by atoms with van der Waals surface area (Å²) in [6, 6.07) is 9.81. The smallest absolute Gasteiger partial charge is 0.262 e. The number of benzene rings is 2. The van der Waals surface area contributed by atoms with Crippen LogP contribution in [-0.2, 0) is 14.8 Å². The molecule has 2 aromatic carbocycles. The van der Waals surface area contributed by atoms with Gasteiger partial charge in [0, 0.05) is 11.4 Å². The Kier molecular flexibility index (Phi) is 3.96. The van der Waals surface area contributed by atoms with Gasteiger partial charge in [-0.2, -0.15) is 0 Å². The molecule has 126 valence electrons. The van der Waals surface area contributed by atoms with Gasteiger partial charge in [0.1, 0.15) is 5.75 Å². The molecule has 1 unspecified atom stereocenters. The minimum atomic E-state index is -3.73. The Balaban J connectivity index is 1.92. The Morgan fingerprint density at radius 2 is 1.92 bits per heavy atom. The molecule has 1 aliphatic rings. The first-order chi connectivity index (χ1) is 11.3. The van der Waals surface area contributed by atoms with Gasteiger partial charge in [0.25, 0.3) is 10.0 Å². The van der Waals surface area contributed by atoms with Crippen LogP contribution in [0.2, 0.25) is 0 Å². The van der Waals surface area contributed by atoms with Gasteiger partial charge in [0.2, 0.25) is 5.91 Å². The van der Waals surface area contributed by atoms with E-state index in [4.69, 9.17) is 4.74 Å². The molecular weight excluding hydrogens is 328 g/mol. The molecule has 2 aromatic rings. The van der Waals surface area contributed by atoms with Crippen molar-refractivity contribution in [2.45, 2.75) is 24.7 Å². The van der Waals surface area contributed by atoms with E-state index in [0.717, 1.165) is 11.3 Å². The fraction of sp³-hybridized carbons (Fsp3) is 0.235. The van der Waals surface area contributed by atoms with Crippen molar-refractivity contribution in [3.8, 4) is 5.75 Å². The number of sulfonamides is 1. The van der Waals surface area contributed by atoms with Crippen LogP contribution in [-0.4, -0.2) is 21.4 Å². The van der Waals surface area contributed by atoms with Gasteiger partial charge in [-0.15, -0.1) is 0 Å². The summed E-state index contributed by atoms with van der Waals surface area (Å²) in [5.41, 5.74) is 2.52. The minimum Gasteiger partial charge on any atom is -0.497 e. The summed E-state index contributed by atoms with van der Waals surface area (Å²) in [5.74, 6) is 0.213. The van der Waals surface area contributed by atoms with E-state index < -0.39 is 10.0 Å². The van der Waals surface area contributed by atoms with Crippen LogP contribution in [0.4, 0.5) is 11.4 Å². The number of carbonyl (C=O) groups is 1. The van der Waals surface area contributed by atoms with Gasteiger partial charge in [-0.25, -0.2) is 8.42 Å². The second-order valence-corrected chi connectivity index (χ2v) is 7.40. The average molecular weight is 346 g/mol. The van der Waals surface area contributed by atoms with Gasteiger partial charge < -0.3 is 10.1 Å². The molecule has 0 fully saturated rings. The zero-order valence-electron chi connectivity index (χ0n) is 13.6. The van der Waals surface area contributed by atoms with Crippen LogP contribution in [0.25, 0.3) is 0 Å². The summed E-state index contributed by atoms with van der Waals surface area (Å²) in [4.78, 5) is 11.9. The molecule has 0 radical (unpaired) electrons. The number of nitrogens with one attached hydrogen (secondary N) is 2. The number of hydrogen-bond acceptors (Lipinski definition) is 4. The number of anilines is 2. The van der Waals surface area contributed by atoms with Crippen LogP contribution in [0.1, 0.15) is 24.0 Å². The van der Waals surface area contributed by atoms with Crippen LogP contribution < -0.4 is 14.8 Å². The molecule has 0 spiro atoms. The topological polar surface area (TPSA) is 84.5 Å². The molecular formula is C17H18N2O4S. The lowest BCUT2D eigenvalue weighted by Crippen LogP contribution is -2.14. The third kappa shape index (κ3) is 2.82. The summed E-state index contributed by atoms with van der Waals surface area (Å²) in [6.45, 7) is 3.50. The molecule has 0 bridgehead atoms. The van der Waals surface area contributed by atoms with Gasteiger partial charge in [-0.3, -0.25) is 9.52 Å². The van der Waals surface area contributed by atoms with Crippen molar-refractivity contribution in [2.75, 3.05) is 17.1 Å². The normalized spacial score (nSPS) is 16.5. The minimum absolute atomic E-state index is 0.0870. The number of ether oxygens (including phenoxy) is 1. The van der Waals surface area contributed by atoms with Crippen LogP contribution in [0.5, 0.6) is 5.75 Å². The first kappa shape index (κ1) is 16.3. The van der Waals surface area contributed by atoms with Crippen molar-refractivity contribution in [1.82, 2.24) is 0 Å². The van der Waals surface area contributed by atoms with Crippen LogP contribution in [0.3, 0.4) is 0 Å². The number of aryl methyl sites for hydroxylation is 1. The van der Waals surface area contributed by atoms with Crippen molar-refractivity contribution in [3.05, 3.63) is 47.5 Å². The zero-order valence-corrected chi connectivity index (χ0v) is 14.4. The van der Waals surface area contributed by atoms with E-state index >= 15 is 0 Å². The molecule has 1 amide bonds. The summed E-state index contributed by atoms with van der Waals surface area (Å²) in [7, 11) is -2.20. The Bertz CT molecular complexity index is 922. The third-order valence-electron chi connectivity index (χ3n) is 4.09. The SMILES string of the molecule is COc1ccc(S(=O)(=O)Nc2ccc3c(c2)C(C)C(=O)N3)c(C)c1. The maximum atomic E-state index is 12.6. The van der Waals surface area contributed by atoms with Crippen molar-refractivity contribution < 1.29 is 17.9 Å². The number of amides is 1. The monoisotopic (exact) mass is 346 g/mol. The molecule has 1 atom stereocenters. The first-order valence-corrected chi connectivity index (χ1v) is 8.92. The van der Waals surface area contributed by atoms with Gasteiger partial charge in [-0.1, -0.05) is 0 Å². The van der Waals surface area contributed by atoms with E-state index in [0.29, 0.717) is 17.0 Å². The summed E-state index contributed by atoms with van der Waals surface area (Å²) in [6.07, 6.45) is 0. The highest BCUT2D eigenvalue weighted by atomic mass is 32.2. The van der Waals surface area contributed by atoms with Crippen molar-refractivity contribution >= 4 is 27.3 Å². The predicted octanol–water partition coefficient (Wildman–Crippen LogP) is 2.86. The molecule has 2 N–H and O–H groups in total. The van der Waals surface area contributed by atoms with Crippen molar-refractivity contribution in [3.63, 3.8) is 0 Å². The standard InChI is InChI=1S/C17H18N2O4S/c1-10-8-13(23-3)5-7-16(10)24(21,22)19-12-4-6-15-14(9-12)11(2)17(20)18-15/h4-9,11,19H,1-3H3,(H,18,20). The maximum absolute atomic E-state index is 12.6. The van der Waals surface area contributed by atoms with Crippen LogP contribution in [0, 0.1) is 6.92 Å². The summed E-state index contributed by atoms with van der Waals surface area (Å²) >= 11 is 0. The molecule has 1 aliphatic heterocycles. The highest BCUT2D eigenvalue weighted by Gasteiger charge is 2.27. The average Bonchev–Trinajstić information content (AvgIpc) is 2.81. The van der Waals surface area contributed by atoms with Gasteiger partial charge in [-0.05, 0) is 61.4 Å². The third-order valence-corrected chi connectivity index (χ3v) is 5.63. The van der Waals surface area contributed by atoms with E-state index in [2.05, 4.69) is 10.0 Å². The largest absolute Gasteiger partial charge is 0.497 e. The second kappa shape index (κ2) is 5.83. The molecule has 6 nitrogen and oxygen atoms in total. The molecule has 24 heavy (non-hydrogen) atoms. The van der Waals surface area contributed by atoms with E-state index in [1.165, 1.54) is 13.2 Å². The zero-order chi connectivity index (χ0) is 17.5. The first-order valence-electron chi connectivity index (χ1n) is 7.44. The van der Waals surface area contributed by atoms with Crippen molar-refractivity contribution in [1.29, 1.82) is 0 Å². The number of fused-ring (bicyclic) bond motifs is 1. The Hall–Kier alpha value is -2.54. The fourth-order valence-electron chi connectivity index (χ4n) is 2.74. The van der Waals surface area contributed by atoms with Crippen molar-refractivity contribution in [2.24, 2.45) is 0 Å². The van der Waals surface area contributed by atoms with Gasteiger partial charge >= 0.3 is 0 Å². The van der Waals surface area contributed by atoms with E-state index in [1.807, 2.05) is 0 Å². The number of rotatable bonds is 4. The lowest BCUT2D eigenvalue weighted by Gasteiger charge is -2.12. The van der Waals surface area contributed by atoms with Crippen LogP contribution >= 0.6 is 0 Å². The van der Waals surface area contributed by atoms with E-state index in [9.17, 15) is 13.2 Å². The quantitative estimate of drug-likeness (QED) is 0.891. The molecule has 0 aromatic heterocycles. The van der Waals surface area contributed by atoms with Gasteiger partial charge in [0.15, 0.2) is 0 Å².